The normalized spacial score (nSPS) is 10.9. The van der Waals surface area contributed by atoms with Crippen molar-refractivity contribution in [3.05, 3.63) is 52.0 Å². The molecule has 0 spiro atoms. The van der Waals surface area contributed by atoms with E-state index in [0.29, 0.717) is 33.9 Å². The molecule has 0 radical (unpaired) electrons. The lowest BCUT2D eigenvalue weighted by Gasteiger charge is -2.21. The van der Waals surface area contributed by atoms with E-state index in [1.807, 2.05) is 39.2 Å². The molecule has 0 saturated heterocycles. The summed E-state index contributed by atoms with van der Waals surface area (Å²) in [6.45, 7) is 3.95. The summed E-state index contributed by atoms with van der Waals surface area (Å²) in [6, 6.07) is 10.6. The number of nitrogens with zero attached hydrogens (tertiary/aromatic N) is 3. The third kappa shape index (κ3) is 6.22. The van der Waals surface area contributed by atoms with Crippen LogP contribution in [0, 0.1) is 0 Å². The van der Waals surface area contributed by atoms with Crippen LogP contribution in [-0.4, -0.2) is 49.6 Å². The number of carbonyl (C=O) groups is 1. The van der Waals surface area contributed by atoms with Crippen molar-refractivity contribution in [2.24, 2.45) is 0 Å². The van der Waals surface area contributed by atoms with Crippen LogP contribution >= 0.6 is 46.9 Å². The Morgan fingerprint density at radius 1 is 1.10 bits per heavy atom. The van der Waals surface area contributed by atoms with Crippen molar-refractivity contribution in [3.8, 4) is 5.75 Å². The summed E-state index contributed by atoms with van der Waals surface area (Å²) >= 11 is 13.7. The summed E-state index contributed by atoms with van der Waals surface area (Å²) in [5, 5.41) is 1.51. The lowest BCUT2D eigenvalue weighted by Crippen LogP contribution is -2.33. The van der Waals surface area contributed by atoms with Crippen molar-refractivity contribution < 1.29 is 9.53 Å². The van der Waals surface area contributed by atoms with Gasteiger partial charge in [-0.2, -0.15) is 0 Å². The van der Waals surface area contributed by atoms with Gasteiger partial charge in [-0.25, -0.2) is 4.98 Å². The van der Waals surface area contributed by atoms with Gasteiger partial charge in [-0.3, -0.25) is 9.69 Å². The van der Waals surface area contributed by atoms with E-state index in [4.69, 9.17) is 32.9 Å². The molecule has 1 heterocycles. The molecule has 1 aromatic heterocycles. The number of anilines is 1. The first-order valence-electron chi connectivity index (χ1n) is 9.33. The van der Waals surface area contributed by atoms with Crippen LogP contribution in [0.15, 0.2) is 36.4 Å². The van der Waals surface area contributed by atoms with E-state index < -0.39 is 0 Å². The number of benzene rings is 2. The zero-order valence-electron chi connectivity index (χ0n) is 17.0. The molecule has 0 bridgehead atoms. The average Bonchev–Trinajstić information content (AvgIpc) is 3.07. The monoisotopic (exact) mass is 487 g/mol. The quantitative estimate of drug-likeness (QED) is 0.389. The molecule has 162 valence electrons. The van der Waals surface area contributed by atoms with Crippen LogP contribution < -0.4 is 9.64 Å². The summed E-state index contributed by atoms with van der Waals surface area (Å²) in [5.74, 6) is 0.625. The van der Waals surface area contributed by atoms with E-state index in [1.165, 1.54) is 11.3 Å². The molecule has 0 atom stereocenters. The maximum absolute atomic E-state index is 13.3. The van der Waals surface area contributed by atoms with Gasteiger partial charge < -0.3 is 9.64 Å². The van der Waals surface area contributed by atoms with Gasteiger partial charge >= 0.3 is 0 Å². The second-order valence-electron chi connectivity index (χ2n) is 6.83. The zero-order chi connectivity index (χ0) is 21.0. The molecule has 0 aliphatic heterocycles. The molecular formula is C21H24Cl3N3O2S. The number of ether oxygens (including phenoxy) is 1. The fraction of sp³-hybridized carbons (Fsp3) is 0.333. The molecule has 0 unspecified atom stereocenters. The second kappa shape index (κ2) is 11.2. The predicted molar refractivity (Wildman–Crippen MR) is 129 cm³/mol. The first kappa shape index (κ1) is 24.7. The average molecular weight is 489 g/mol. The Hall–Kier alpha value is -1.57. The highest BCUT2D eigenvalue weighted by Crippen LogP contribution is 2.33. The van der Waals surface area contributed by atoms with Crippen molar-refractivity contribution in [2.45, 2.75) is 13.3 Å². The molecule has 0 aliphatic carbocycles. The predicted octanol–water partition coefficient (Wildman–Crippen LogP) is 6.02. The van der Waals surface area contributed by atoms with Gasteiger partial charge in [0.2, 0.25) is 0 Å². The number of thiazole rings is 1. The fourth-order valence-corrected chi connectivity index (χ4v) is 4.47. The SMILES string of the molecule is CCOc1ccc2nc(N(CCCN(C)C)C(=O)c3cc(Cl)cc(Cl)c3)sc2c1.Cl. The molecule has 0 aliphatic rings. The van der Waals surface area contributed by atoms with Crippen LogP contribution in [0.4, 0.5) is 5.13 Å². The Labute approximate surface area is 197 Å². The van der Waals surface area contributed by atoms with Crippen molar-refractivity contribution in [2.75, 3.05) is 38.7 Å². The minimum absolute atomic E-state index is 0. The van der Waals surface area contributed by atoms with Crippen LogP contribution in [-0.2, 0) is 0 Å². The van der Waals surface area contributed by atoms with E-state index in [1.54, 1.807) is 23.1 Å². The van der Waals surface area contributed by atoms with Crippen molar-refractivity contribution >= 4 is 68.2 Å². The highest BCUT2D eigenvalue weighted by Gasteiger charge is 2.22. The molecule has 1 amide bonds. The summed E-state index contributed by atoms with van der Waals surface area (Å²) in [6.07, 6.45) is 0.813. The molecule has 0 N–H and O–H groups in total. The highest BCUT2D eigenvalue weighted by molar-refractivity contribution is 7.22. The minimum Gasteiger partial charge on any atom is -0.494 e. The van der Waals surface area contributed by atoms with Crippen molar-refractivity contribution in [3.63, 3.8) is 0 Å². The Kier molecular flexibility index (Phi) is 9.19. The number of amides is 1. The topological polar surface area (TPSA) is 45.7 Å². The van der Waals surface area contributed by atoms with Gasteiger partial charge in [0, 0.05) is 22.2 Å². The van der Waals surface area contributed by atoms with Crippen LogP contribution in [0.3, 0.4) is 0 Å². The van der Waals surface area contributed by atoms with Gasteiger partial charge in [0.05, 0.1) is 16.8 Å². The van der Waals surface area contributed by atoms with E-state index in [-0.39, 0.29) is 18.3 Å². The molecule has 0 fully saturated rings. The summed E-state index contributed by atoms with van der Waals surface area (Å²) in [5.41, 5.74) is 1.28. The molecule has 0 saturated carbocycles. The van der Waals surface area contributed by atoms with E-state index in [0.717, 1.165) is 28.9 Å². The van der Waals surface area contributed by atoms with E-state index in [9.17, 15) is 4.79 Å². The van der Waals surface area contributed by atoms with Gasteiger partial charge in [0.1, 0.15) is 5.75 Å². The van der Waals surface area contributed by atoms with Crippen LogP contribution in [0.25, 0.3) is 10.2 Å². The van der Waals surface area contributed by atoms with Crippen molar-refractivity contribution in [1.82, 2.24) is 9.88 Å². The third-order valence-corrected chi connectivity index (χ3v) is 5.71. The van der Waals surface area contributed by atoms with Gasteiger partial charge in [-0.1, -0.05) is 34.5 Å². The number of carbonyl (C=O) groups excluding carboxylic acids is 1. The summed E-state index contributed by atoms with van der Waals surface area (Å²) in [4.78, 5) is 21.8. The molecule has 30 heavy (non-hydrogen) atoms. The summed E-state index contributed by atoms with van der Waals surface area (Å²) in [7, 11) is 4.02. The van der Waals surface area contributed by atoms with E-state index in [2.05, 4.69) is 4.90 Å². The first-order chi connectivity index (χ1) is 13.9. The smallest absolute Gasteiger partial charge is 0.260 e. The molecule has 3 rings (SSSR count). The van der Waals surface area contributed by atoms with Crippen molar-refractivity contribution in [1.29, 1.82) is 0 Å². The molecule has 3 aromatic rings. The third-order valence-electron chi connectivity index (χ3n) is 4.23. The lowest BCUT2D eigenvalue weighted by atomic mass is 10.2. The maximum atomic E-state index is 13.3. The molecule has 5 nitrogen and oxygen atoms in total. The number of hydrogen-bond acceptors (Lipinski definition) is 5. The number of halogens is 3. The molecule has 2 aromatic carbocycles. The second-order valence-corrected chi connectivity index (χ2v) is 8.71. The zero-order valence-corrected chi connectivity index (χ0v) is 20.2. The summed E-state index contributed by atoms with van der Waals surface area (Å²) < 4.78 is 6.55. The molecular weight excluding hydrogens is 465 g/mol. The number of aromatic nitrogens is 1. The largest absolute Gasteiger partial charge is 0.494 e. The van der Waals surface area contributed by atoms with Gasteiger partial charge in [-0.05, 0) is 70.4 Å². The number of hydrogen-bond donors (Lipinski definition) is 0. The lowest BCUT2D eigenvalue weighted by molar-refractivity contribution is 0.0986. The highest BCUT2D eigenvalue weighted by atomic mass is 35.5. The van der Waals surface area contributed by atoms with Crippen LogP contribution in [0.5, 0.6) is 5.75 Å². The Balaban J connectivity index is 0.00000320. The van der Waals surface area contributed by atoms with Crippen LogP contribution in [0.2, 0.25) is 10.0 Å². The van der Waals surface area contributed by atoms with Gasteiger partial charge in [-0.15, -0.1) is 12.4 Å². The maximum Gasteiger partial charge on any atom is 0.260 e. The Bertz CT molecular complexity index is 990. The fourth-order valence-electron chi connectivity index (χ4n) is 2.93. The van der Waals surface area contributed by atoms with Crippen LogP contribution in [0.1, 0.15) is 23.7 Å². The van der Waals surface area contributed by atoms with Gasteiger partial charge in [0.25, 0.3) is 5.91 Å². The first-order valence-corrected chi connectivity index (χ1v) is 10.9. The van der Waals surface area contributed by atoms with Gasteiger partial charge in [0.15, 0.2) is 5.13 Å². The molecule has 9 heteroatoms. The Morgan fingerprint density at radius 3 is 2.43 bits per heavy atom. The number of rotatable bonds is 8. The minimum atomic E-state index is -0.169. The Morgan fingerprint density at radius 2 is 1.80 bits per heavy atom. The standard InChI is InChI=1S/C21H23Cl2N3O2S.ClH/c1-4-28-17-6-7-18-19(13-17)29-21(24-18)26(9-5-8-25(2)3)20(27)14-10-15(22)12-16(23)11-14;/h6-7,10-13H,4-5,8-9H2,1-3H3;1H. The number of fused-ring (bicyclic) bond motifs is 1. The van der Waals surface area contributed by atoms with E-state index >= 15 is 0 Å².